The molecule has 0 radical (unpaired) electrons. The fraction of sp³-hybridized carbons (Fsp3) is 0.571. The lowest BCUT2D eigenvalue weighted by Gasteiger charge is -2.00. The van der Waals surface area contributed by atoms with Crippen LogP contribution in [-0.2, 0) is 6.54 Å². The number of hydrogen-bond donors (Lipinski definition) is 0. The number of azide groups is 1. The molecule has 0 aliphatic heterocycles. The third-order valence-corrected chi connectivity index (χ3v) is 2.56. The maximum Gasteiger partial charge on any atom is 0.307 e. The molecule has 1 aromatic heterocycles. The Balaban J connectivity index is 2.54. The van der Waals surface area contributed by atoms with Crippen molar-refractivity contribution in [2.24, 2.45) is 5.11 Å². The molecule has 0 bridgehead atoms. The molecule has 0 atom stereocenters. The number of aromatic nitrogens is 1. The van der Waals surface area contributed by atoms with E-state index >= 15 is 0 Å². The molecular formula is C7H10N4OS. The molecule has 0 aromatic carbocycles. The van der Waals surface area contributed by atoms with Crippen molar-refractivity contribution in [3.63, 3.8) is 0 Å². The van der Waals surface area contributed by atoms with Gasteiger partial charge < -0.3 is 4.57 Å². The van der Waals surface area contributed by atoms with Crippen LogP contribution in [0.3, 0.4) is 0 Å². The fourth-order valence-electron chi connectivity index (χ4n) is 1.02. The quantitative estimate of drug-likeness (QED) is 0.315. The lowest BCUT2D eigenvalue weighted by molar-refractivity contribution is 0.626. The van der Waals surface area contributed by atoms with Gasteiger partial charge in [0.1, 0.15) is 0 Å². The Morgan fingerprint density at radius 2 is 2.54 bits per heavy atom. The average Bonchev–Trinajstić information content (AvgIpc) is 2.42. The average molecular weight is 198 g/mol. The number of hydrogen-bond acceptors (Lipinski definition) is 3. The molecule has 6 heteroatoms. The van der Waals surface area contributed by atoms with Gasteiger partial charge in [0.2, 0.25) is 0 Å². The summed E-state index contributed by atoms with van der Waals surface area (Å²) in [7, 11) is 0. The van der Waals surface area contributed by atoms with Crippen LogP contribution in [0.25, 0.3) is 10.4 Å². The van der Waals surface area contributed by atoms with Crippen molar-refractivity contribution in [3.05, 3.63) is 31.2 Å². The van der Waals surface area contributed by atoms with Gasteiger partial charge in [-0.25, -0.2) is 0 Å². The lowest BCUT2D eigenvalue weighted by Crippen LogP contribution is -2.14. The Morgan fingerprint density at radius 3 is 3.08 bits per heavy atom. The molecule has 0 aliphatic carbocycles. The molecule has 0 unspecified atom stereocenters. The van der Waals surface area contributed by atoms with Crippen LogP contribution in [0.4, 0.5) is 0 Å². The first-order valence-electron chi connectivity index (χ1n) is 3.91. The first-order chi connectivity index (χ1) is 6.25. The van der Waals surface area contributed by atoms with E-state index in [0.717, 1.165) is 5.69 Å². The summed E-state index contributed by atoms with van der Waals surface area (Å²) in [6.07, 6.45) is 0.710. The van der Waals surface area contributed by atoms with Crippen molar-refractivity contribution in [1.82, 2.24) is 4.57 Å². The molecule has 0 fully saturated rings. The van der Waals surface area contributed by atoms with Crippen molar-refractivity contribution in [1.29, 1.82) is 0 Å². The molecule has 1 rings (SSSR count). The lowest BCUT2D eigenvalue weighted by atomic mass is 10.4. The molecule has 1 aromatic rings. The van der Waals surface area contributed by atoms with Gasteiger partial charge in [-0.1, -0.05) is 16.5 Å². The second-order valence-electron chi connectivity index (χ2n) is 2.60. The number of rotatable bonds is 4. The molecule has 0 spiro atoms. The van der Waals surface area contributed by atoms with E-state index in [1.165, 1.54) is 11.3 Å². The minimum Gasteiger partial charge on any atom is -0.303 e. The van der Waals surface area contributed by atoms with Crippen LogP contribution in [0.5, 0.6) is 0 Å². The predicted molar refractivity (Wildman–Crippen MR) is 51.9 cm³/mol. The first kappa shape index (κ1) is 9.83. The predicted octanol–water partition coefficient (Wildman–Crippen LogP) is 1.92. The molecule has 1 heterocycles. The standard InChI is InChI=1S/C7H10N4OS/c1-6-5-13-7(12)11(6)4-2-3-9-10-8/h5H,2-4H2,1H3. The Bertz CT molecular complexity index is 374. The summed E-state index contributed by atoms with van der Waals surface area (Å²) < 4.78 is 1.69. The van der Waals surface area contributed by atoms with Crippen molar-refractivity contribution in [2.45, 2.75) is 19.9 Å². The molecule has 0 saturated heterocycles. The third kappa shape index (κ3) is 2.61. The highest BCUT2D eigenvalue weighted by molar-refractivity contribution is 7.07. The minimum absolute atomic E-state index is 0.0541. The summed E-state index contributed by atoms with van der Waals surface area (Å²) in [6, 6.07) is 0. The molecule has 0 N–H and O–H groups in total. The second-order valence-corrected chi connectivity index (χ2v) is 3.42. The van der Waals surface area contributed by atoms with E-state index in [-0.39, 0.29) is 4.87 Å². The largest absolute Gasteiger partial charge is 0.307 e. The van der Waals surface area contributed by atoms with Gasteiger partial charge in [0.15, 0.2) is 0 Å². The fourth-order valence-corrected chi connectivity index (χ4v) is 1.78. The maximum absolute atomic E-state index is 11.2. The zero-order chi connectivity index (χ0) is 9.68. The van der Waals surface area contributed by atoms with Crippen molar-refractivity contribution in [3.8, 4) is 0 Å². The van der Waals surface area contributed by atoms with E-state index in [4.69, 9.17) is 5.53 Å². The highest BCUT2D eigenvalue weighted by Gasteiger charge is 2.00. The smallest absolute Gasteiger partial charge is 0.303 e. The van der Waals surface area contributed by atoms with Crippen LogP contribution in [0, 0.1) is 6.92 Å². The van der Waals surface area contributed by atoms with Gasteiger partial charge in [-0.05, 0) is 18.9 Å². The van der Waals surface area contributed by atoms with Gasteiger partial charge in [-0.3, -0.25) is 4.79 Å². The maximum atomic E-state index is 11.2. The van der Waals surface area contributed by atoms with E-state index in [1.54, 1.807) is 4.57 Å². The van der Waals surface area contributed by atoms with Crippen LogP contribution in [0.15, 0.2) is 15.3 Å². The highest BCUT2D eigenvalue weighted by atomic mass is 32.1. The Labute approximate surface area is 79.3 Å². The van der Waals surface area contributed by atoms with Crippen LogP contribution < -0.4 is 4.87 Å². The highest BCUT2D eigenvalue weighted by Crippen LogP contribution is 2.00. The van der Waals surface area contributed by atoms with Crippen LogP contribution in [-0.4, -0.2) is 11.1 Å². The molecule has 5 nitrogen and oxygen atoms in total. The van der Waals surface area contributed by atoms with E-state index in [2.05, 4.69) is 10.0 Å². The Hall–Kier alpha value is -1.26. The van der Waals surface area contributed by atoms with Gasteiger partial charge in [-0.2, -0.15) is 0 Å². The topological polar surface area (TPSA) is 70.8 Å². The molecule has 0 aliphatic rings. The molecule has 13 heavy (non-hydrogen) atoms. The van der Waals surface area contributed by atoms with Gasteiger partial charge >= 0.3 is 4.87 Å². The SMILES string of the molecule is Cc1csc(=O)n1CCCN=[N+]=[N-]. The summed E-state index contributed by atoms with van der Waals surface area (Å²) >= 11 is 1.20. The summed E-state index contributed by atoms with van der Waals surface area (Å²) in [6.45, 7) is 2.97. The van der Waals surface area contributed by atoms with E-state index in [9.17, 15) is 4.79 Å². The van der Waals surface area contributed by atoms with Crippen LogP contribution in [0.1, 0.15) is 12.1 Å². The van der Waals surface area contributed by atoms with Gasteiger partial charge in [0.05, 0.1) is 0 Å². The van der Waals surface area contributed by atoms with Crippen molar-refractivity contribution in [2.75, 3.05) is 6.54 Å². The van der Waals surface area contributed by atoms with Crippen LogP contribution >= 0.6 is 11.3 Å². The monoisotopic (exact) mass is 198 g/mol. The first-order valence-corrected chi connectivity index (χ1v) is 4.79. The second kappa shape index (κ2) is 4.69. The summed E-state index contributed by atoms with van der Waals surface area (Å²) in [4.78, 5) is 13.9. The zero-order valence-electron chi connectivity index (χ0n) is 7.30. The van der Waals surface area contributed by atoms with Crippen molar-refractivity contribution < 1.29 is 0 Å². The van der Waals surface area contributed by atoms with Crippen LogP contribution in [0.2, 0.25) is 0 Å². The molecular weight excluding hydrogens is 188 g/mol. The normalized spacial score (nSPS) is 9.62. The van der Waals surface area contributed by atoms with Gasteiger partial charge in [0, 0.05) is 29.1 Å². The van der Waals surface area contributed by atoms with Gasteiger partial charge in [0.25, 0.3) is 0 Å². The molecule has 0 amide bonds. The summed E-state index contributed by atoms with van der Waals surface area (Å²) in [5, 5.41) is 5.23. The van der Waals surface area contributed by atoms with E-state index in [0.29, 0.717) is 19.5 Å². The summed E-state index contributed by atoms with van der Waals surface area (Å²) in [5.41, 5.74) is 8.99. The molecule has 0 saturated carbocycles. The Kier molecular flexibility index (Phi) is 3.54. The molecule has 70 valence electrons. The van der Waals surface area contributed by atoms with Gasteiger partial charge in [-0.15, -0.1) is 0 Å². The van der Waals surface area contributed by atoms with Crippen molar-refractivity contribution >= 4 is 11.3 Å². The third-order valence-electron chi connectivity index (χ3n) is 1.68. The number of nitrogens with zero attached hydrogens (tertiary/aromatic N) is 4. The van der Waals surface area contributed by atoms with E-state index in [1.807, 2.05) is 12.3 Å². The summed E-state index contributed by atoms with van der Waals surface area (Å²) in [5.74, 6) is 0. The van der Waals surface area contributed by atoms with E-state index < -0.39 is 0 Å². The minimum atomic E-state index is 0.0541. The number of thiazole rings is 1. The zero-order valence-corrected chi connectivity index (χ0v) is 8.12. The Morgan fingerprint density at radius 1 is 1.77 bits per heavy atom. The number of aryl methyl sites for hydroxylation is 1.